The summed E-state index contributed by atoms with van der Waals surface area (Å²) in [5.41, 5.74) is 1.08. The first-order chi connectivity index (χ1) is 8.04. The van der Waals surface area contributed by atoms with E-state index in [0.717, 1.165) is 46.7 Å². The molecule has 0 aromatic carbocycles. The third kappa shape index (κ3) is 4.77. The highest BCUT2D eigenvalue weighted by atomic mass is 127. The molecule has 3 nitrogen and oxygen atoms in total. The first-order valence-electron chi connectivity index (χ1n) is 6.31. The van der Waals surface area contributed by atoms with Gasteiger partial charge < -0.3 is 5.32 Å². The molecule has 0 amide bonds. The van der Waals surface area contributed by atoms with Crippen LogP contribution >= 0.6 is 22.6 Å². The lowest BCUT2D eigenvalue weighted by Crippen LogP contribution is -2.09. The monoisotopic (exact) mass is 347 g/mol. The average Bonchev–Trinajstić information content (AvgIpc) is 2.28. The molecule has 0 atom stereocenters. The van der Waals surface area contributed by atoms with E-state index in [2.05, 4.69) is 65.6 Å². The van der Waals surface area contributed by atoms with Gasteiger partial charge in [0.1, 0.15) is 11.6 Å². The number of halogens is 1. The van der Waals surface area contributed by atoms with Gasteiger partial charge in [0, 0.05) is 13.0 Å². The first kappa shape index (κ1) is 14.7. The fourth-order valence-electron chi connectivity index (χ4n) is 1.51. The van der Waals surface area contributed by atoms with Crippen LogP contribution in [0.15, 0.2) is 0 Å². The lowest BCUT2D eigenvalue weighted by molar-refractivity contribution is 0.574. The van der Waals surface area contributed by atoms with Gasteiger partial charge >= 0.3 is 0 Å². The van der Waals surface area contributed by atoms with Gasteiger partial charge in [-0.1, -0.05) is 20.8 Å². The average molecular weight is 347 g/mol. The second-order valence-corrected chi connectivity index (χ2v) is 5.83. The minimum Gasteiger partial charge on any atom is -0.369 e. The molecule has 0 unspecified atom stereocenters. The van der Waals surface area contributed by atoms with Crippen molar-refractivity contribution in [1.82, 2.24) is 9.97 Å². The normalized spacial score (nSPS) is 10.9. The van der Waals surface area contributed by atoms with E-state index >= 15 is 0 Å². The second-order valence-electron chi connectivity index (χ2n) is 4.75. The fraction of sp³-hybridized carbons (Fsp3) is 0.692. The Hall–Kier alpha value is -0.390. The van der Waals surface area contributed by atoms with E-state index in [0.29, 0.717) is 5.92 Å². The van der Waals surface area contributed by atoms with Crippen molar-refractivity contribution in [2.45, 2.75) is 47.0 Å². The van der Waals surface area contributed by atoms with E-state index in [4.69, 9.17) is 0 Å². The Labute approximate surface area is 118 Å². The molecule has 0 fully saturated rings. The fourth-order valence-corrected chi connectivity index (χ4v) is 1.94. The predicted octanol–water partition coefficient (Wildman–Crippen LogP) is 3.80. The largest absolute Gasteiger partial charge is 0.369 e. The Morgan fingerprint density at radius 3 is 2.59 bits per heavy atom. The summed E-state index contributed by atoms with van der Waals surface area (Å²) in [6, 6.07) is 0. The van der Waals surface area contributed by atoms with Gasteiger partial charge in [0.2, 0.25) is 0 Å². The highest BCUT2D eigenvalue weighted by molar-refractivity contribution is 14.1. The SMILES string of the molecule is CCCNc1nc(CCC(C)C)nc(C)c1I. The van der Waals surface area contributed by atoms with Crippen LogP contribution in [0.2, 0.25) is 0 Å². The molecule has 17 heavy (non-hydrogen) atoms. The van der Waals surface area contributed by atoms with E-state index in [-0.39, 0.29) is 0 Å². The predicted molar refractivity (Wildman–Crippen MR) is 81.4 cm³/mol. The van der Waals surface area contributed by atoms with Crippen molar-refractivity contribution >= 4 is 28.4 Å². The second kappa shape index (κ2) is 7.13. The number of hydrogen-bond acceptors (Lipinski definition) is 3. The van der Waals surface area contributed by atoms with E-state index in [1.165, 1.54) is 0 Å². The van der Waals surface area contributed by atoms with Gasteiger partial charge in [0.15, 0.2) is 0 Å². The minimum absolute atomic E-state index is 0.699. The molecule has 1 N–H and O–H groups in total. The molecular formula is C13H22IN3. The molecule has 0 spiro atoms. The summed E-state index contributed by atoms with van der Waals surface area (Å²) in [6.07, 6.45) is 3.23. The summed E-state index contributed by atoms with van der Waals surface area (Å²) in [5, 5.41) is 3.37. The van der Waals surface area contributed by atoms with Gasteiger partial charge in [0.05, 0.1) is 9.26 Å². The Kier molecular flexibility index (Phi) is 6.16. The molecule has 1 aromatic heterocycles. The van der Waals surface area contributed by atoms with Gasteiger partial charge in [-0.05, 0) is 48.3 Å². The molecule has 0 aliphatic heterocycles. The molecule has 0 aliphatic rings. The number of anilines is 1. The molecule has 0 aliphatic carbocycles. The quantitative estimate of drug-likeness (QED) is 0.796. The Morgan fingerprint density at radius 2 is 2.00 bits per heavy atom. The maximum absolute atomic E-state index is 4.61. The first-order valence-corrected chi connectivity index (χ1v) is 7.39. The van der Waals surface area contributed by atoms with Crippen LogP contribution in [0.4, 0.5) is 5.82 Å². The molecular weight excluding hydrogens is 325 g/mol. The molecule has 0 saturated heterocycles. The van der Waals surface area contributed by atoms with Crippen LogP contribution in [0.5, 0.6) is 0 Å². The van der Waals surface area contributed by atoms with Gasteiger partial charge in [-0.2, -0.15) is 0 Å². The summed E-state index contributed by atoms with van der Waals surface area (Å²) in [5.74, 6) is 2.67. The Morgan fingerprint density at radius 1 is 1.29 bits per heavy atom. The van der Waals surface area contributed by atoms with Crippen molar-refractivity contribution < 1.29 is 0 Å². The van der Waals surface area contributed by atoms with Crippen LogP contribution in [0, 0.1) is 16.4 Å². The third-order valence-corrected chi connectivity index (χ3v) is 3.84. The van der Waals surface area contributed by atoms with E-state index in [9.17, 15) is 0 Å². The highest BCUT2D eigenvalue weighted by Crippen LogP contribution is 2.19. The summed E-state index contributed by atoms with van der Waals surface area (Å²) < 4.78 is 1.14. The van der Waals surface area contributed by atoms with Crippen molar-refractivity contribution in [1.29, 1.82) is 0 Å². The number of hydrogen-bond donors (Lipinski definition) is 1. The number of aromatic nitrogens is 2. The molecule has 0 radical (unpaired) electrons. The van der Waals surface area contributed by atoms with Crippen LogP contribution in [0.3, 0.4) is 0 Å². The van der Waals surface area contributed by atoms with Gasteiger partial charge in [-0.3, -0.25) is 0 Å². The van der Waals surface area contributed by atoms with Crippen molar-refractivity contribution in [3.63, 3.8) is 0 Å². The van der Waals surface area contributed by atoms with Crippen molar-refractivity contribution in [2.24, 2.45) is 5.92 Å². The molecule has 4 heteroatoms. The van der Waals surface area contributed by atoms with Crippen LogP contribution in [0.25, 0.3) is 0 Å². The standard InChI is InChI=1S/C13H22IN3/c1-5-8-15-13-12(14)10(4)16-11(17-13)7-6-9(2)3/h9H,5-8H2,1-4H3,(H,15,16,17). The number of rotatable bonds is 6. The summed E-state index contributed by atoms with van der Waals surface area (Å²) >= 11 is 2.32. The lowest BCUT2D eigenvalue weighted by Gasteiger charge is -2.11. The van der Waals surface area contributed by atoms with Gasteiger partial charge in [-0.15, -0.1) is 0 Å². The number of nitrogens with zero attached hydrogens (tertiary/aromatic N) is 2. The summed E-state index contributed by atoms with van der Waals surface area (Å²) in [4.78, 5) is 9.17. The number of aryl methyl sites for hydroxylation is 2. The topological polar surface area (TPSA) is 37.8 Å². The van der Waals surface area contributed by atoms with Crippen LogP contribution in [0.1, 0.15) is 45.1 Å². The lowest BCUT2D eigenvalue weighted by atomic mass is 10.1. The van der Waals surface area contributed by atoms with Crippen LogP contribution in [-0.4, -0.2) is 16.5 Å². The molecule has 96 valence electrons. The van der Waals surface area contributed by atoms with E-state index in [1.807, 2.05) is 0 Å². The Bertz CT molecular complexity index is 364. The molecule has 0 bridgehead atoms. The smallest absolute Gasteiger partial charge is 0.143 e. The van der Waals surface area contributed by atoms with E-state index in [1.54, 1.807) is 0 Å². The highest BCUT2D eigenvalue weighted by Gasteiger charge is 2.09. The maximum Gasteiger partial charge on any atom is 0.143 e. The van der Waals surface area contributed by atoms with E-state index < -0.39 is 0 Å². The molecule has 0 saturated carbocycles. The molecule has 1 aromatic rings. The third-order valence-electron chi connectivity index (χ3n) is 2.55. The van der Waals surface area contributed by atoms with Gasteiger partial charge in [-0.25, -0.2) is 9.97 Å². The zero-order valence-electron chi connectivity index (χ0n) is 11.2. The van der Waals surface area contributed by atoms with Crippen LogP contribution in [-0.2, 0) is 6.42 Å². The molecule has 1 heterocycles. The van der Waals surface area contributed by atoms with Crippen molar-refractivity contribution in [3.8, 4) is 0 Å². The number of nitrogens with one attached hydrogen (secondary N) is 1. The minimum atomic E-state index is 0.699. The maximum atomic E-state index is 4.61. The van der Waals surface area contributed by atoms with Crippen molar-refractivity contribution in [3.05, 3.63) is 15.1 Å². The summed E-state index contributed by atoms with van der Waals surface area (Å²) in [7, 11) is 0. The van der Waals surface area contributed by atoms with Crippen LogP contribution < -0.4 is 5.32 Å². The zero-order valence-corrected chi connectivity index (χ0v) is 13.3. The Balaban J connectivity index is 2.81. The summed E-state index contributed by atoms with van der Waals surface area (Å²) in [6.45, 7) is 9.65. The van der Waals surface area contributed by atoms with Crippen molar-refractivity contribution in [2.75, 3.05) is 11.9 Å². The van der Waals surface area contributed by atoms with Gasteiger partial charge in [0.25, 0.3) is 0 Å². The molecule has 1 rings (SSSR count). The zero-order chi connectivity index (χ0) is 12.8.